The third kappa shape index (κ3) is 4.28. The molecule has 0 radical (unpaired) electrons. The first-order valence-corrected chi connectivity index (χ1v) is 6.94. The Morgan fingerprint density at radius 1 is 1.24 bits per heavy atom. The lowest BCUT2D eigenvalue weighted by molar-refractivity contribution is -0.115. The van der Waals surface area contributed by atoms with E-state index in [0.29, 0.717) is 12.2 Å². The molecule has 21 heavy (non-hydrogen) atoms. The fraction of sp³-hybridized carbons (Fsp3) is 0.188. The van der Waals surface area contributed by atoms with E-state index in [1.54, 1.807) is 12.1 Å². The van der Waals surface area contributed by atoms with Crippen LogP contribution in [0.3, 0.4) is 0 Å². The van der Waals surface area contributed by atoms with Gasteiger partial charge in [0.2, 0.25) is 5.91 Å². The number of nitrogens with one attached hydrogen (secondary N) is 2. The van der Waals surface area contributed by atoms with Gasteiger partial charge in [-0.15, -0.1) is 0 Å². The molecule has 0 heterocycles. The number of anilines is 1. The standard InChI is InChI=1S/C16H16ClFN2O/c1-19-10-11-4-2-5-12(8-11)20-16(21)9-13-14(17)6-3-7-15(13)18/h2-8,19H,9-10H2,1H3,(H,20,21). The van der Waals surface area contributed by atoms with Crippen molar-refractivity contribution in [3.05, 3.63) is 64.4 Å². The lowest BCUT2D eigenvalue weighted by atomic mass is 10.1. The van der Waals surface area contributed by atoms with Crippen LogP contribution < -0.4 is 10.6 Å². The van der Waals surface area contributed by atoms with Gasteiger partial charge in [-0.2, -0.15) is 0 Å². The average Bonchev–Trinajstić information content (AvgIpc) is 2.44. The van der Waals surface area contributed by atoms with Gasteiger partial charge in [0.05, 0.1) is 6.42 Å². The molecule has 110 valence electrons. The third-order valence-corrected chi connectivity index (χ3v) is 3.34. The highest BCUT2D eigenvalue weighted by atomic mass is 35.5. The van der Waals surface area contributed by atoms with Crippen molar-refractivity contribution in [1.82, 2.24) is 5.32 Å². The Bertz CT molecular complexity index is 626. The van der Waals surface area contributed by atoms with E-state index >= 15 is 0 Å². The fourth-order valence-electron chi connectivity index (χ4n) is 2.03. The molecule has 0 unspecified atom stereocenters. The maximum atomic E-state index is 13.6. The van der Waals surface area contributed by atoms with Gasteiger partial charge in [-0.1, -0.05) is 29.8 Å². The largest absolute Gasteiger partial charge is 0.326 e. The number of carbonyl (C=O) groups is 1. The molecule has 0 saturated heterocycles. The summed E-state index contributed by atoms with van der Waals surface area (Å²) in [6.45, 7) is 0.711. The number of amides is 1. The van der Waals surface area contributed by atoms with Crippen molar-refractivity contribution in [3.8, 4) is 0 Å². The monoisotopic (exact) mass is 306 g/mol. The van der Waals surface area contributed by atoms with Gasteiger partial charge in [0.15, 0.2) is 0 Å². The van der Waals surface area contributed by atoms with Gasteiger partial charge in [0.25, 0.3) is 0 Å². The Morgan fingerprint density at radius 2 is 2.00 bits per heavy atom. The summed E-state index contributed by atoms with van der Waals surface area (Å²) < 4.78 is 13.6. The predicted octanol–water partition coefficient (Wildman–Crippen LogP) is 3.38. The van der Waals surface area contributed by atoms with E-state index in [-0.39, 0.29) is 22.9 Å². The van der Waals surface area contributed by atoms with Crippen molar-refractivity contribution in [2.45, 2.75) is 13.0 Å². The Hall–Kier alpha value is -1.91. The van der Waals surface area contributed by atoms with Crippen LogP contribution >= 0.6 is 11.6 Å². The molecule has 0 aliphatic heterocycles. The van der Waals surface area contributed by atoms with Crippen molar-refractivity contribution in [1.29, 1.82) is 0 Å². The highest BCUT2D eigenvalue weighted by Crippen LogP contribution is 2.20. The minimum Gasteiger partial charge on any atom is -0.326 e. The quantitative estimate of drug-likeness (QED) is 0.889. The van der Waals surface area contributed by atoms with Gasteiger partial charge in [-0.3, -0.25) is 4.79 Å². The molecular formula is C16H16ClFN2O. The molecule has 0 aliphatic rings. The zero-order valence-corrected chi connectivity index (χ0v) is 12.4. The van der Waals surface area contributed by atoms with E-state index in [0.717, 1.165) is 5.56 Å². The molecule has 0 aliphatic carbocycles. The second kappa shape index (κ2) is 7.20. The summed E-state index contributed by atoms with van der Waals surface area (Å²) in [5.74, 6) is -0.773. The smallest absolute Gasteiger partial charge is 0.228 e. The zero-order valence-electron chi connectivity index (χ0n) is 11.6. The molecule has 2 rings (SSSR count). The maximum absolute atomic E-state index is 13.6. The number of carbonyl (C=O) groups excluding carboxylic acids is 1. The fourth-order valence-corrected chi connectivity index (χ4v) is 2.26. The molecule has 2 aromatic rings. The minimum atomic E-state index is -0.471. The SMILES string of the molecule is CNCc1cccc(NC(=O)Cc2c(F)cccc2Cl)c1. The maximum Gasteiger partial charge on any atom is 0.228 e. The van der Waals surface area contributed by atoms with E-state index in [4.69, 9.17) is 11.6 Å². The van der Waals surface area contributed by atoms with Gasteiger partial charge in [0, 0.05) is 22.8 Å². The van der Waals surface area contributed by atoms with Crippen molar-refractivity contribution in [2.75, 3.05) is 12.4 Å². The predicted molar refractivity (Wildman–Crippen MR) is 82.9 cm³/mol. The van der Waals surface area contributed by atoms with Crippen LogP contribution in [-0.2, 0) is 17.8 Å². The summed E-state index contributed by atoms with van der Waals surface area (Å²) in [6, 6.07) is 11.9. The van der Waals surface area contributed by atoms with Crippen LogP contribution in [0.15, 0.2) is 42.5 Å². The van der Waals surface area contributed by atoms with Crippen molar-refractivity contribution >= 4 is 23.2 Å². The van der Waals surface area contributed by atoms with Crippen molar-refractivity contribution in [2.24, 2.45) is 0 Å². The summed E-state index contributed by atoms with van der Waals surface area (Å²) in [4.78, 5) is 12.0. The van der Waals surface area contributed by atoms with Crippen LogP contribution in [0.1, 0.15) is 11.1 Å². The summed E-state index contributed by atoms with van der Waals surface area (Å²) in [6.07, 6.45) is -0.0955. The highest BCUT2D eigenvalue weighted by Gasteiger charge is 2.12. The normalized spacial score (nSPS) is 10.4. The summed E-state index contributed by atoms with van der Waals surface area (Å²) in [5, 5.41) is 6.05. The molecule has 5 heteroatoms. The molecule has 0 saturated carbocycles. The summed E-state index contributed by atoms with van der Waals surface area (Å²) in [5.41, 5.74) is 1.95. The molecule has 0 atom stereocenters. The minimum absolute atomic E-state index is 0.0955. The van der Waals surface area contributed by atoms with E-state index < -0.39 is 5.82 Å². The Labute approximate surface area is 128 Å². The lowest BCUT2D eigenvalue weighted by Crippen LogP contribution is -2.16. The lowest BCUT2D eigenvalue weighted by Gasteiger charge is -2.09. The number of benzene rings is 2. The molecule has 1 amide bonds. The van der Waals surface area contributed by atoms with E-state index in [1.807, 2.05) is 25.2 Å². The molecule has 2 N–H and O–H groups in total. The van der Waals surface area contributed by atoms with Crippen LogP contribution in [0, 0.1) is 5.82 Å². The number of hydrogen-bond donors (Lipinski definition) is 2. The average molecular weight is 307 g/mol. The highest BCUT2D eigenvalue weighted by molar-refractivity contribution is 6.31. The van der Waals surface area contributed by atoms with Gasteiger partial charge >= 0.3 is 0 Å². The van der Waals surface area contributed by atoms with Crippen LogP contribution in [0.4, 0.5) is 10.1 Å². The molecule has 0 spiro atoms. The summed E-state index contributed by atoms with van der Waals surface area (Å²) in [7, 11) is 1.85. The first kappa shape index (κ1) is 15.5. The van der Waals surface area contributed by atoms with Gasteiger partial charge in [-0.25, -0.2) is 4.39 Å². The first-order chi connectivity index (χ1) is 10.1. The van der Waals surface area contributed by atoms with Crippen LogP contribution in [0.5, 0.6) is 0 Å². The Morgan fingerprint density at radius 3 is 2.71 bits per heavy atom. The van der Waals surface area contributed by atoms with Gasteiger partial charge in [0.1, 0.15) is 5.82 Å². The zero-order chi connectivity index (χ0) is 15.2. The number of rotatable bonds is 5. The molecule has 3 nitrogen and oxygen atoms in total. The van der Waals surface area contributed by atoms with Crippen LogP contribution in [-0.4, -0.2) is 13.0 Å². The van der Waals surface area contributed by atoms with Gasteiger partial charge < -0.3 is 10.6 Å². The van der Waals surface area contributed by atoms with Crippen molar-refractivity contribution in [3.63, 3.8) is 0 Å². The Balaban J connectivity index is 2.06. The van der Waals surface area contributed by atoms with E-state index in [9.17, 15) is 9.18 Å². The van der Waals surface area contributed by atoms with Gasteiger partial charge in [-0.05, 0) is 36.9 Å². The van der Waals surface area contributed by atoms with E-state index in [1.165, 1.54) is 12.1 Å². The third-order valence-electron chi connectivity index (χ3n) is 2.99. The molecule has 2 aromatic carbocycles. The van der Waals surface area contributed by atoms with E-state index in [2.05, 4.69) is 10.6 Å². The molecule has 0 bridgehead atoms. The number of halogens is 2. The Kier molecular flexibility index (Phi) is 5.31. The van der Waals surface area contributed by atoms with Crippen LogP contribution in [0.2, 0.25) is 5.02 Å². The summed E-state index contributed by atoms with van der Waals surface area (Å²) >= 11 is 5.91. The molecular weight excluding hydrogens is 291 g/mol. The second-order valence-electron chi connectivity index (χ2n) is 4.66. The molecule has 0 fully saturated rings. The molecule has 0 aromatic heterocycles. The second-order valence-corrected chi connectivity index (χ2v) is 5.06. The van der Waals surface area contributed by atoms with Crippen molar-refractivity contribution < 1.29 is 9.18 Å². The topological polar surface area (TPSA) is 41.1 Å². The van der Waals surface area contributed by atoms with Crippen LogP contribution in [0.25, 0.3) is 0 Å². The number of hydrogen-bond acceptors (Lipinski definition) is 2. The first-order valence-electron chi connectivity index (χ1n) is 6.56.